The summed E-state index contributed by atoms with van der Waals surface area (Å²) < 4.78 is 13.5. The van der Waals surface area contributed by atoms with Gasteiger partial charge in [-0.05, 0) is 57.0 Å². The molecule has 2 aromatic rings. The van der Waals surface area contributed by atoms with E-state index in [0.717, 1.165) is 37.3 Å². The number of nitrogens with zero attached hydrogens (tertiary/aromatic N) is 4. The molecule has 0 bridgehead atoms. The number of rotatable bonds is 2. The van der Waals surface area contributed by atoms with E-state index >= 15 is 0 Å². The van der Waals surface area contributed by atoms with Crippen LogP contribution in [0.25, 0.3) is 0 Å². The summed E-state index contributed by atoms with van der Waals surface area (Å²) in [6.45, 7) is 7.41. The highest BCUT2D eigenvalue weighted by atomic mass is 19.1. The molecule has 9 heteroatoms. The number of halogens is 1. The number of carbonyl (C=O) groups excluding carboxylic acids is 2. The highest BCUT2D eigenvalue weighted by Crippen LogP contribution is 2.31. The number of H-pyrrole nitrogens is 1. The van der Waals surface area contributed by atoms with E-state index in [-0.39, 0.29) is 23.8 Å². The first-order valence-electron chi connectivity index (χ1n) is 10.8. The number of benzene rings is 1. The number of piperazine rings is 1. The lowest BCUT2D eigenvalue weighted by molar-refractivity contribution is 0.0624. The van der Waals surface area contributed by atoms with Crippen molar-refractivity contribution in [2.75, 3.05) is 25.0 Å². The van der Waals surface area contributed by atoms with Gasteiger partial charge in [-0.25, -0.2) is 9.18 Å². The van der Waals surface area contributed by atoms with Crippen LogP contribution in [0.4, 0.5) is 15.0 Å². The van der Waals surface area contributed by atoms with E-state index in [0.29, 0.717) is 36.1 Å². The van der Waals surface area contributed by atoms with E-state index < -0.39 is 0 Å². The fourth-order valence-electron chi connectivity index (χ4n) is 4.98. The molecule has 31 heavy (non-hydrogen) atoms. The van der Waals surface area contributed by atoms with Crippen molar-refractivity contribution in [1.82, 2.24) is 24.9 Å². The van der Waals surface area contributed by atoms with Crippen molar-refractivity contribution in [2.24, 2.45) is 0 Å². The number of anilines is 1. The Morgan fingerprint density at radius 1 is 1.26 bits per heavy atom. The Morgan fingerprint density at radius 3 is 2.90 bits per heavy atom. The number of fused-ring (bicyclic) bond motifs is 2. The molecule has 164 valence electrons. The van der Waals surface area contributed by atoms with Crippen LogP contribution in [0.3, 0.4) is 0 Å². The number of amides is 3. The first-order chi connectivity index (χ1) is 14.9. The molecule has 2 fully saturated rings. The Labute approximate surface area is 180 Å². The van der Waals surface area contributed by atoms with Gasteiger partial charge < -0.3 is 15.1 Å². The lowest BCUT2D eigenvalue weighted by atomic mass is 10.1. The Balaban J connectivity index is 1.27. The minimum absolute atomic E-state index is 0.0371. The van der Waals surface area contributed by atoms with Crippen molar-refractivity contribution in [3.63, 3.8) is 0 Å². The first-order valence-corrected chi connectivity index (χ1v) is 10.8. The Kier molecular flexibility index (Phi) is 4.92. The molecule has 2 atom stereocenters. The van der Waals surface area contributed by atoms with Crippen molar-refractivity contribution >= 4 is 17.8 Å². The number of hydrogen-bond donors (Lipinski definition) is 2. The van der Waals surface area contributed by atoms with Gasteiger partial charge in [-0.15, -0.1) is 0 Å². The Morgan fingerprint density at radius 2 is 2.10 bits per heavy atom. The summed E-state index contributed by atoms with van der Waals surface area (Å²) in [5.41, 5.74) is 2.44. The van der Waals surface area contributed by atoms with Crippen LogP contribution in [0.15, 0.2) is 18.2 Å². The molecule has 1 aromatic heterocycles. The lowest BCUT2D eigenvalue weighted by Gasteiger charge is -2.43. The van der Waals surface area contributed by atoms with Gasteiger partial charge in [-0.2, -0.15) is 5.10 Å². The van der Waals surface area contributed by atoms with Gasteiger partial charge in [0.05, 0.1) is 18.8 Å². The molecule has 2 N–H and O–H groups in total. The summed E-state index contributed by atoms with van der Waals surface area (Å²) in [5, 5.41) is 9.97. The van der Waals surface area contributed by atoms with E-state index in [4.69, 9.17) is 0 Å². The smallest absolute Gasteiger partial charge is 0.319 e. The maximum Gasteiger partial charge on any atom is 0.321 e. The van der Waals surface area contributed by atoms with E-state index in [1.54, 1.807) is 6.92 Å². The van der Waals surface area contributed by atoms with Crippen LogP contribution in [0.2, 0.25) is 0 Å². The third-order valence-corrected chi connectivity index (χ3v) is 6.76. The SMILES string of the molecule is Cc1cc(C(=O)Nc2n[nH]c3c2CN(C(=O)N2C[C@@H]4CCCN4C[C@@H]2C)C3)ccc1F. The third kappa shape index (κ3) is 3.56. The van der Waals surface area contributed by atoms with Crippen LogP contribution in [0.1, 0.15) is 46.9 Å². The minimum atomic E-state index is -0.354. The van der Waals surface area contributed by atoms with Crippen molar-refractivity contribution < 1.29 is 14.0 Å². The number of carbonyl (C=O) groups is 2. The molecular formula is C22H27FN6O2. The van der Waals surface area contributed by atoms with Crippen LogP contribution in [0, 0.1) is 12.7 Å². The predicted octanol–water partition coefficient (Wildman–Crippen LogP) is 2.71. The zero-order valence-electron chi connectivity index (χ0n) is 17.8. The molecule has 4 heterocycles. The average Bonchev–Trinajstić information content (AvgIpc) is 3.45. The number of urea groups is 1. The summed E-state index contributed by atoms with van der Waals surface area (Å²) in [6, 6.07) is 4.93. The van der Waals surface area contributed by atoms with Crippen molar-refractivity contribution in [3.8, 4) is 0 Å². The van der Waals surface area contributed by atoms with Gasteiger partial charge in [0, 0.05) is 36.3 Å². The molecule has 3 aliphatic rings. The maximum absolute atomic E-state index is 13.5. The molecule has 3 amide bonds. The number of aromatic nitrogens is 2. The average molecular weight is 426 g/mol. The second kappa shape index (κ2) is 7.64. The zero-order valence-corrected chi connectivity index (χ0v) is 17.8. The number of aryl methyl sites for hydroxylation is 1. The molecule has 5 rings (SSSR count). The Bertz CT molecular complexity index is 1040. The largest absolute Gasteiger partial charge is 0.321 e. The van der Waals surface area contributed by atoms with E-state index in [9.17, 15) is 14.0 Å². The normalized spacial score (nSPS) is 23.1. The molecule has 0 aliphatic carbocycles. The van der Waals surface area contributed by atoms with Crippen LogP contribution in [-0.2, 0) is 13.1 Å². The van der Waals surface area contributed by atoms with Crippen LogP contribution in [-0.4, -0.2) is 68.6 Å². The van der Waals surface area contributed by atoms with Crippen LogP contribution in [0.5, 0.6) is 0 Å². The van der Waals surface area contributed by atoms with Gasteiger partial charge in [0.1, 0.15) is 5.82 Å². The monoisotopic (exact) mass is 426 g/mol. The zero-order chi connectivity index (χ0) is 21.7. The maximum atomic E-state index is 13.5. The second-order valence-corrected chi connectivity index (χ2v) is 8.88. The number of nitrogens with one attached hydrogen (secondary N) is 2. The van der Waals surface area contributed by atoms with E-state index in [2.05, 4.69) is 27.3 Å². The van der Waals surface area contributed by atoms with Crippen LogP contribution < -0.4 is 5.32 Å². The summed E-state index contributed by atoms with van der Waals surface area (Å²) in [6.07, 6.45) is 2.36. The highest BCUT2D eigenvalue weighted by Gasteiger charge is 2.39. The summed E-state index contributed by atoms with van der Waals surface area (Å²) >= 11 is 0. The number of hydrogen-bond acceptors (Lipinski definition) is 4. The molecule has 0 saturated carbocycles. The predicted molar refractivity (Wildman–Crippen MR) is 113 cm³/mol. The van der Waals surface area contributed by atoms with Crippen molar-refractivity contribution in [3.05, 3.63) is 46.4 Å². The molecule has 0 radical (unpaired) electrons. The fraction of sp³-hybridized carbons (Fsp3) is 0.500. The van der Waals surface area contributed by atoms with Gasteiger partial charge in [0.15, 0.2) is 5.82 Å². The summed E-state index contributed by atoms with van der Waals surface area (Å²) in [7, 11) is 0. The van der Waals surface area contributed by atoms with Gasteiger partial charge >= 0.3 is 6.03 Å². The highest BCUT2D eigenvalue weighted by molar-refractivity contribution is 6.04. The van der Waals surface area contributed by atoms with Crippen molar-refractivity contribution in [2.45, 2.75) is 51.9 Å². The molecule has 0 spiro atoms. The third-order valence-electron chi connectivity index (χ3n) is 6.76. The molecule has 8 nitrogen and oxygen atoms in total. The fourth-order valence-corrected chi connectivity index (χ4v) is 4.98. The van der Waals surface area contributed by atoms with E-state index in [1.807, 2.05) is 9.80 Å². The standard InChI is InChI=1S/C22H27FN6O2/c1-13-8-15(5-6-18(13)23)21(30)24-20-17-11-28(12-19(17)25-26-20)22(31)29-10-16-4-3-7-27(16)9-14(29)2/h5-6,8,14,16H,3-4,7,9-12H2,1-2H3,(H2,24,25,26,30)/t14-,16-/m0/s1. The summed E-state index contributed by atoms with van der Waals surface area (Å²) in [5.74, 6) is -0.280. The quantitative estimate of drug-likeness (QED) is 0.773. The van der Waals surface area contributed by atoms with Gasteiger partial charge in [-0.3, -0.25) is 14.8 Å². The molecule has 1 aromatic carbocycles. The minimum Gasteiger partial charge on any atom is -0.319 e. The topological polar surface area (TPSA) is 84.6 Å². The van der Waals surface area contributed by atoms with Crippen LogP contribution >= 0.6 is 0 Å². The first kappa shape index (κ1) is 20.0. The van der Waals surface area contributed by atoms with Gasteiger partial charge in [0.2, 0.25) is 0 Å². The van der Waals surface area contributed by atoms with Gasteiger partial charge in [-0.1, -0.05) is 0 Å². The molecule has 3 aliphatic heterocycles. The second-order valence-electron chi connectivity index (χ2n) is 8.88. The molecular weight excluding hydrogens is 399 g/mol. The molecule has 0 unspecified atom stereocenters. The van der Waals surface area contributed by atoms with Gasteiger partial charge in [0.25, 0.3) is 5.91 Å². The number of aromatic amines is 1. The van der Waals surface area contributed by atoms with E-state index in [1.165, 1.54) is 24.6 Å². The van der Waals surface area contributed by atoms with Crippen molar-refractivity contribution in [1.29, 1.82) is 0 Å². The molecule has 2 saturated heterocycles. The Hall–Kier alpha value is -2.94. The summed E-state index contributed by atoms with van der Waals surface area (Å²) in [4.78, 5) is 32.2. The lowest BCUT2D eigenvalue weighted by Crippen LogP contribution is -2.58.